The van der Waals surface area contributed by atoms with Gasteiger partial charge in [-0.2, -0.15) is 14.7 Å². The van der Waals surface area contributed by atoms with E-state index in [4.69, 9.17) is 37.7 Å². The van der Waals surface area contributed by atoms with Crippen LogP contribution >= 0.6 is 23.2 Å². The Morgan fingerprint density at radius 2 is 1.50 bits per heavy atom. The molecule has 0 spiro atoms. The molecule has 0 bridgehead atoms. The number of imide groups is 2. The lowest BCUT2D eigenvalue weighted by molar-refractivity contribution is -0.125. The molecule has 4 fully saturated rings. The van der Waals surface area contributed by atoms with E-state index in [0.717, 1.165) is 37.3 Å². The molecule has 9 rings (SSSR count). The molecule has 62 heavy (non-hydrogen) atoms. The molecule has 5 amide bonds. The van der Waals surface area contributed by atoms with Gasteiger partial charge in [-0.25, -0.2) is 19.3 Å². The number of halogens is 2. The molecule has 2 saturated heterocycles. The van der Waals surface area contributed by atoms with Gasteiger partial charge in [0.25, 0.3) is 11.8 Å². The number of amides is 5. The minimum Gasteiger partial charge on any atom is -0.495 e. The maximum atomic E-state index is 12.9. The normalized spacial score (nSPS) is 17.7. The zero-order valence-electron chi connectivity index (χ0n) is 34.5. The smallest absolute Gasteiger partial charge is 0.416 e. The van der Waals surface area contributed by atoms with E-state index < -0.39 is 17.6 Å². The quantitative estimate of drug-likeness (QED) is 0.0707. The molecule has 4 aliphatic rings. The number of nitrogens with zero attached hydrogens (tertiary/aromatic N) is 7. The average Bonchev–Trinajstić information content (AvgIpc) is 4.09. The third-order valence-corrected chi connectivity index (χ3v) is 11.0. The first-order valence-electron chi connectivity index (χ1n) is 20.2. The zero-order valence-corrected chi connectivity index (χ0v) is 36.0. The van der Waals surface area contributed by atoms with Crippen molar-refractivity contribution < 1.29 is 33.4 Å². The molecule has 0 radical (unpaired) electrons. The van der Waals surface area contributed by atoms with Gasteiger partial charge >= 0.3 is 6.09 Å². The highest BCUT2D eigenvalue weighted by molar-refractivity contribution is 6.34. The summed E-state index contributed by atoms with van der Waals surface area (Å²) in [7, 11) is 1.57. The van der Waals surface area contributed by atoms with E-state index in [1.54, 1.807) is 37.6 Å². The Morgan fingerprint density at radius 1 is 0.887 bits per heavy atom. The van der Waals surface area contributed by atoms with Gasteiger partial charge in [0.1, 0.15) is 33.2 Å². The molecule has 322 valence electrons. The van der Waals surface area contributed by atoms with Crippen LogP contribution in [0.1, 0.15) is 82.5 Å². The summed E-state index contributed by atoms with van der Waals surface area (Å²) in [6.07, 6.45) is 12.6. The SMILES string of the molecule is CC(C)(C)OC(=O)N(CC1CC1)c1cc(Cl)nc2c(/C=C3\CC(=O)NC3=O)cnn12.COc1cccc(Nc2cc(CCC3CC3)n3ncc(/C=C4\CC(=O)NC4=O)c3n2)c1Cl. The number of aromatic nitrogens is 6. The lowest BCUT2D eigenvalue weighted by atomic mass is 10.1. The van der Waals surface area contributed by atoms with Gasteiger partial charge in [-0.1, -0.05) is 42.1 Å². The lowest BCUT2D eigenvalue weighted by Gasteiger charge is -2.27. The number of aryl methyl sites for hydroxylation is 1. The fourth-order valence-electron chi connectivity index (χ4n) is 7.03. The van der Waals surface area contributed by atoms with Gasteiger partial charge in [0, 0.05) is 46.6 Å². The number of hydrogen-bond acceptors (Lipinski definition) is 12. The predicted molar refractivity (Wildman–Crippen MR) is 231 cm³/mol. The van der Waals surface area contributed by atoms with Gasteiger partial charge in [0.15, 0.2) is 11.3 Å². The summed E-state index contributed by atoms with van der Waals surface area (Å²) in [4.78, 5) is 70.5. The number of anilines is 3. The number of fused-ring (bicyclic) bond motifs is 2. The standard InChI is InChI=1S/C23H22ClN5O3.C20H22ClN5O4/c1-32-18-4-2-3-17(21(18)24)26-19-11-16(8-7-13-5-6-13)29-22(27-19)15(12-25-29)9-14-10-20(30)28-23(14)31;1-20(2,3)30-19(29)25(10-11-4-5-11)16-8-14(21)23-17-13(9-22-26(16)17)6-12-7-15(27)24-18(12)28/h2-4,9,11-13H,5-8,10H2,1H3,(H,26,27)(H,28,30,31);6,8-9,11H,4-5,7,10H2,1-3H3,(H,24,27,28)/b14-9+;12-6+. The Labute approximate surface area is 365 Å². The molecule has 2 aliphatic carbocycles. The molecule has 5 aromatic rings. The van der Waals surface area contributed by atoms with Crippen molar-refractivity contribution >= 4 is 93.7 Å². The number of rotatable bonds is 11. The summed E-state index contributed by atoms with van der Waals surface area (Å²) in [6, 6.07) is 9.04. The summed E-state index contributed by atoms with van der Waals surface area (Å²) in [6.45, 7) is 5.90. The number of methoxy groups -OCH3 is 1. The van der Waals surface area contributed by atoms with Gasteiger partial charge in [-0.15, -0.1) is 0 Å². The van der Waals surface area contributed by atoms with Crippen LogP contribution in [0, 0.1) is 11.8 Å². The number of ether oxygens (including phenoxy) is 2. The first-order chi connectivity index (χ1) is 29.6. The monoisotopic (exact) mass is 882 g/mol. The van der Waals surface area contributed by atoms with E-state index in [-0.39, 0.29) is 35.7 Å². The summed E-state index contributed by atoms with van der Waals surface area (Å²) in [5.41, 5.74) is 3.95. The Kier molecular flexibility index (Phi) is 11.8. The Morgan fingerprint density at radius 3 is 2.06 bits per heavy atom. The molecule has 3 N–H and O–H groups in total. The van der Waals surface area contributed by atoms with Crippen LogP contribution in [0.25, 0.3) is 23.4 Å². The van der Waals surface area contributed by atoms with Crippen LogP contribution in [0.4, 0.5) is 22.1 Å². The summed E-state index contributed by atoms with van der Waals surface area (Å²) in [5, 5.41) is 17.4. The van der Waals surface area contributed by atoms with Gasteiger partial charge in [-0.3, -0.25) is 34.7 Å². The Bertz CT molecular complexity index is 2710. The van der Waals surface area contributed by atoms with Crippen molar-refractivity contribution in [1.29, 1.82) is 0 Å². The predicted octanol–water partition coefficient (Wildman–Crippen LogP) is 6.87. The Balaban J connectivity index is 0.000000171. The fraction of sp³-hybridized carbons (Fsp3) is 0.372. The van der Waals surface area contributed by atoms with Crippen molar-refractivity contribution in [3.8, 4) is 5.75 Å². The molecule has 2 aliphatic heterocycles. The van der Waals surface area contributed by atoms with Gasteiger partial charge in [0.2, 0.25) is 11.8 Å². The molecule has 2 saturated carbocycles. The second-order valence-corrected chi connectivity index (χ2v) is 17.4. The number of carbonyl (C=O) groups excluding carboxylic acids is 5. The van der Waals surface area contributed by atoms with Crippen molar-refractivity contribution in [2.75, 3.05) is 23.9 Å². The van der Waals surface area contributed by atoms with Crippen LogP contribution in [0.3, 0.4) is 0 Å². The second kappa shape index (κ2) is 17.2. The molecule has 17 nitrogen and oxygen atoms in total. The minimum absolute atomic E-state index is 0.00465. The summed E-state index contributed by atoms with van der Waals surface area (Å²) in [5.74, 6) is 1.32. The van der Waals surface area contributed by atoms with Crippen LogP contribution in [0.2, 0.25) is 10.2 Å². The third kappa shape index (κ3) is 9.73. The van der Waals surface area contributed by atoms with Crippen molar-refractivity contribution in [2.45, 2.75) is 77.7 Å². The molecular formula is C43H44Cl2N10O7. The molecule has 0 atom stereocenters. The molecular weight excluding hydrogens is 839 g/mol. The molecule has 6 heterocycles. The van der Waals surface area contributed by atoms with Crippen molar-refractivity contribution in [3.05, 3.63) is 80.9 Å². The van der Waals surface area contributed by atoms with Crippen molar-refractivity contribution in [2.24, 2.45) is 11.8 Å². The maximum Gasteiger partial charge on any atom is 0.416 e. The van der Waals surface area contributed by atoms with Gasteiger partial charge in [0.05, 0.1) is 38.0 Å². The number of hydrogen-bond donors (Lipinski definition) is 3. The number of nitrogens with one attached hydrogen (secondary N) is 3. The van der Waals surface area contributed by atoms with Gasteiger partial charge < -0.3 is 14.8 Å². The topological polar surface area (TPSA) is 204 Å². The molecule has 19 heteroatoms. The maximum absolute atomic E-state index is 12.9. The van der Waals surface area contributed by atoms with Gasteiger partial charge in [-0.05, 0) is 82.6 Å². The highest BCUT2D eigenvalue weighted by Gasteiger charge is 2.33. The highest BCUT2D eigenvalue weighted by atomic mass is 35.5. The molecule has 1 aromatic carbocycles. The first-order valence-corrected chi connectivity index (χ1v) is 21.0. The second-order valence-electron chi connectivity index (χ2n) is 16.7. The molecule has 0 unspecified atom stereocenters. The van der Waals surface area contributed by atoms with E-state index in [1.165, 1.54) is 28.5 Å². The highest BCUT2D eigenvalue weighted by Crippen LogP contribution is 2.37. The zero-order chi connectivity index (χ0) is 43.9. The van der Waals surface area contributed by atoms with Crippen LogP contribution in [-0.4, -0.2) is 78.2 Å². The summed E-state index contributed by atoms with van der Waals surface area (Å²) < 4.78 is 14.2. The average molecular weight is 884 g/mol. The lowest BCUT2D eigenvalue weighted by Crippen LogP contribution is -2.39. The van der Waals surface area contributed by atoms with E-state index in [0.29, 0.717) is 74.1 Å². The van der Waals surface area contributed by atoms with Crippen molar-refractivity contribution in [3.63, 3.8) is 0 Å². The van der Waals surface area contributed by atoms with Crippen LogP contribution in [0.15, 0.2) is 53.9 Å². The van der Waals surface area contributed by atoms with E-state index >= 15 is 0 Å². The minimum atomic E-state index is -0.656. The van der Waals surface area contributed by atoms with Crippen LogP contribution in [-0.2, 0) is 30.3 Å². The molecule has 4 aromatic heterocycles. The number of carbonyl (C=O) groups is 5. The third-order valence-electron chi connectivity index (χ3n) is 10.5. The Hall–Kier alpha value is -6.33. The summed E-state index contributed by atoms with van der Waals surface area (Å²) >= 11 is 12.7. The number of benzene rings is 1. The van der Waals surface area contributed by atoms with E-state index in [1.807, 2.05) is 43.5 Å². The van der Waals surface area contributed by atoms with Crippen LogP contribution in [0.5, 0.6) is 5.75 Å². The largest absolute Gasteiger partial charge is 0.495 e. The van der Waals surface area contributed by atoms with E-state index in [2.05, 4.69) is 31.1 Å². The first kappa shape index (κ1) is 42.4. The fourth-order valence-corrected chi connectivity index (χ4v) is 7.46. The van der Waals surface area contributed by atoms with E-state index in [9.17, 15) is 24.0 Å². The van der Waals surface area contributed by atoms with Crippen LogP contribution < -0.4 is 25.6 Å². The van der Waals surface area contributed by atoms with Crippen molar-refractivity contribution in [1.82, 2.24) is 39.8 Å².